The van der Waals surface area contributed by atoms with Gasteiger partial charge in [0.1, 0.15) is 23.7 Å². The Hall–Kier alpha value is -1.65. The molecule has 0 unspecified atom stereocenters. The van der Waals surface area contributed by atoms with Crippen molar-refractivity contribution in [1.82, 2.24) is 9.97 Å². The van der Waals surface area contributed by atoms with Crippen LogP contribution in [-0.2, 0) is 4.79 Å². The summed E-state index contributed by atoms with van der Waals surface area (Å²) in [6.45, 7) is 5.66. The average Bonchev–Trinajstić information content (AvgIpc) is 2.29. The van der Waals surface area contributed by atoms with Crippen LogP contribution in [0.15, 0.2) is 12.4 Å². The molecule has 0 amide bonds. The SMILES string of the molecule is CC(C)Nc1cc(N2CCC(=O)CC2)ncn1. The van der Waals surface area contributed by atoms with E-state index in [0.717, 1.165) is 24.7 Å². The lowest BCUT2D eigenvalue weighted by atomic mass is 10.1. The minimum absolute atomic E-state index is 0.343. The zero-order valence-electron chi connectivity index (χ0n) is 10.3. The number of hydrogen-bond acceptors (Lipinski definition) is 5. The number of ketones is 1. The topological polar surface area (TPSA) is 58.1 Å². The average molecular weight is 234 g/mol. The Morgan fingerprint density at radius 2 is 2.00 bits per heavy atom. The molecule has 0 bridgehead atoms. The normalized spacial score (nSPS) is 16.4. The third-order valence-electron chi connectivity index (χ3n) is 2.73. The van der Waals surface area contributed by atoms with Crippen LogP contribution in [0.25, 0.3) is 0 Å². The minimum atomic E-state index is 0.343. The van der Waals surface area contributed by atoms with Gasteiger partial charge in [0.15, 0.2) is 0 Å². The van der Waals surface area contributed by atoms with Crippen LogP contribution >= 0.6 is 0 Å². The van der Waals surface area contributed by atoms with E-state index in [4.69, 9.17) is 0 Å². The van der Waals surface area contributed by atoms with Gasteiger partial charge in [-0.05, 0) is 13.8 Å². The summed E-state index contributed by atoms with van der Waals surface area (Å²) in [5, 5.41) is 3.25. The van der Waals surface area contributed by atoms with Gasteiger partial charge in [0.2, 0.25) is 0 Å². The zero-order chi connectivity index (χ0) is 12.3. The molecule has 17 heavy (non-hydrogen) atoms. The van der Waals surface area contributed by atoms with Crippen molar-refractivity contribution < 1.29 is 4.79 Å². The molecule has 1 fully saturated rings. The largest absolute Gasteiger partial charge is 0.368 e. The van der Waals surface area contributed by atoms with E-state index in [-0.39, 0.29) is 0 Å². The van der Waals surface area contributed by atoms with Crippen molar-refractivity contribution >= 4 is 17.4 Å². The molecule has 2 rings (SSSR count). The predicted molar refractivity (Wildman–Crippen MR) is 67.2 cm³/mol. The smallest absolute Gasteiger partial charge is 0.136 e. The van der Waals surface area contributed by atoms with Gasteiger partial charge in [-0.25, -0.2) is 9.97 Å². The standard InChI is InChI=1S/C12H18N4O/c1-9(2)15-11-7-12(14-8-13-11)16-5-3-10(17)4-6-16/h7-9H,3-6H2,1-2H3,(H,13,14,15). The number of aromatic nitrogens is 2. The number of Topliss-reactive ketones (excluding diaryl/α,β-unsaturated/α-hetero) is 1. The summed E-state index contributed by atoms with van der Waals surface area (Å²) in [5.41, 5.74) is 0. The first-order valence-electron chi connectivity index (χ1n) is 6.00. The maximum Gasteiger partial charge on any atom is 0.136 e. The second-order valence-corrected chi connectivity index (χ2v) is 4.59. The van der Waals surface area contributed by atoms with Gasteiger partial charge in [0.25, 0.3) is 0 Å². The number of carbonyl (C=O) groups excluding carboxylic acids is 1. The van der Waals surface area contributed by atoms with Gasteiger partial charge in [0.05, 0.1) is 0 Å². The van der Waals surface area contributed by atoms with Crippen molar-refractivity contribution in [2.45, 2.75) is 32.7 Å². The highest BCUT2D eigenvalue weighted by Gasteiger charge is 2.17. The first kappa shape index (κ1) is 11.8. The van der Waals surface area contributed by atoms with E-state index in [1.165, 1.54) is 0 Å². The summed E-state index contributed by atoms with van der Waals surface area (Å²) in [6, 6.07) is 2.29. The Morgan fingerprint density at radius 3 is 2.65 bits per heavy atom. The lowest BCUT2D eigenvalue weighted by Crippen LogP contribution is -2.34. The van der Waals surface area contributed by atoms with Gasteiger partial charge in [-0.3, -0.25) is 4.79 Å². The quantitative estimate of drug-likeness (QED) is 0.858. The number of carbonyl (C=O) groups is 1. The van der Waals surface area contributed by atoms with Gasteiger partial charge in [-0.15, -0.1) is 0 Å². The molecule has 0 aliphatic carbocycles. The minimum Gasteiger partial charge on any atom is -0.368 e. The maximum absolute atomic E-state index is 11.2. The van der Waals surface area contributed by atoms with Crippen molar-refractivity contribution in [3.8, 4) is 0 Å². The third kappa shape index (κ3) is 3.15. The highest BCUT2D eigenvalue weighted by Crippen LogP contribution is 2.18. The van der Waals surface area contributed by atoms with Crippen molar-refractivity contribution in [3.05, 3.63) is 12.4 Å². The fourth-order valence-electron chi connectivity index (χ4n) is 1.88. The van der Waals surface area contributed by atoms with Crippen LogP contribution in [0.5, 0.6) is 0 Å². The lowest BCUT2D eigenvalue weighted by molar-refractivity contribution is -0.119. The molecule has 1 aliphatic heterocycles. The Morgan fingerprint density at radius 1 is 1.29 bits per heavy atom. The second-order valence-electron chi connectivity index (χ2n) is 4.59. The third-order valence-corrected chi connectivity index (χ3v) is 2.73. The summed E-state index contributed by atoms with van der Waals surface area (Å²) >= 11 is 0. The number of hydrogen-bond donors (Lipinski definition) is 1. The molecule has 1 aromatic heterocycles. The summed E-state index contributed by atoms with van der Waals surface area (Å²) in [6.07, 6.45) is 2.81. The molecular formula is C12H18N4O. The first-order valence-corrected chi connectivity index (χ1v) is 6.00. The van der Waals surface area contributed by atoms with Gasteiger partial charge in [-0.1, -0.05) is 0 Å². The highest BCUT2D eigenvalue weighted by atomic mass is 16.1. The molecule has 1 saturated heterocycles. The molecule has 92 valence electrons. The van der Waals surface area contributed by atoms with E-state index in [2.05, 4.69) is 34.0 Å². The first-order chi connectivity index (χ1) is 8.15. The van der Waals surface area contributed by atoms with E-state index in [9.17, 15) is 4.79 Å². The summed E-state index contributed by atoms with van der Waals surface area (Å²) in [4.78, 5) is 21.7. The lowest BCUT2D eigenvalue weighted by Gasteiger charge is -2.27. The van der Waals surface area contributed by atoms with Gasteiger partial charge < -0.3 is 10.2 Å². The van der Waals surface area contributed by atoms with Gasteiger partial charge in [0, 0.05) is 38.0 Å². The Bertz CT molecular complexity index is 395. The van der Waals surface area contributed by atoms with Crippen molar-refractivity contribution in [2.75, 3.05) is 23.3 Å². The van der Waals surface area contributed by atoms with E-state index in [1.807, 2.05) is 6.07 Å². The molecule has 2 heterocycles. The van der Waals surface area contributed by atoms with Crippen LogP contribution in [0, 0.1) is 0 Å². The number of piperidine rings is 1. The molecule has 1 aromatic rings. The molecule has 0 spiro atoms. The van der Waals surface area contributed by atoms with Crippen LogP contribution < -0.4 is 10.2 Å². The van der Waals surface area contributed by atoms with Crippen LogP contribution in [0.1, 0.15) is 26.7 Å². The monoisotopic (exact) mass is 234 g/mol. The molecule has 1 aliphatic rings. The number of nitrogens with one attached hydrogen (secondary N) is 1. The second kappa shape index (κ2) is 5.12. The maximum atomic E-state index is 11.2. The van der Waals surface area contributed by atoms with E-state index >= 15 is 0 Å². The molecule has 1 N–H and O–H groups in total. The molecule has 0 saturated carbocycles. The van der Waals surface area contributed by atoms with Crippen molar-refractivity contribution in [2.24, 2.45) is 0 Å². The summed E-state index contributed by atoms with van der Waals surface area (Å²) in [5.74, 6) is 2.08. The van der Waals surface area contributed by atoms with Crippen LogP contribution in [0.2, 0.25) is 0 Å². The summed E-state index contributed by atoms with van der Waals surface area (Å²) in [7, 11) is 0. The Balaban J connectivity index is 2.07. The Kier molecular flexibility index (Phi) is 3.56. The molecular weight excluding hydrogens is 216 g/mol. The van der Waals surface area contributed by atoms with Gasteiger partial charge >= 0.3 is 0 Å². The van der Waals surface area contributed by atoms with Crippen molar-refractivity contribution in [3.63, 3.8) is 0 Å². The molecule has 0 aromatic carbocycles. The van der Waals surface area contributed by atoms with Crippen molar-refractivity contribution in [1.29, 1.82) is 0 Å². The fourth-order valence-corrected chi connectivity index (χ4v) is 1.88. The van der Waals surface area contributed by atoms with E-state index in [0.29, 0.717) is 24.7 Å². The molecule has 5 nitrogen and oxygen atoms in total. The zero-order valence-corrected chi connectivity index (χ0v) is 10.3. The predicted octanol–water partition coefficient (Wildman–Crippen LogP) is 1.47. The van der Waals surface area contributed by atoms with E-state index < -0.39 is 0 Å². The number of rotatable bonds is 3. The number of anilines is 2. The van der Waals surface area contributed by atoms with E-state index in [1.54, 1.807) is 6.33 Å². The van der Waals surface area contributed by atoms with Crippen LogP contribution in [-0.4, -0.2) is 34.9 Å². The molecule has 5 heteroatoms. The summed E-state index contributed by atoms with van der Waals surface area (Å²) < 4.78 is 0. The molecule has 0 atom stereocenters. The fraction of sp³-hybridized carbons (Fsp3) is 0.583. The van der Waals surface area contributed by atoms with Crippen LogP contribution in [0.3, 0.4) is 0 Å². The van der Waals surface area contributed by atoms with Crippen LogP contribution in [0.4, 0.5) is 11.6 Å². The highest BCUT2D eigenvalue weighted by molar-refractivity contribution is 5.80. The number of nitrogens with zero attached hydrogens (tertiary/aromatic N) is 3. The van der Waals surface area contributed by atoms with Gasteiger partial charge in [-0.2, -0.15) is 0 Å². The Labute approximate surface area is 101 Å². The molecule has 0 radical (unpaired) electrons.